The third-order valence-corrected chi connectivity index (χ3v) is 4.91. The van der Waals surface area contributed by atoms with Crippen molar-refractivity contribution in [1.29, 1.82) is 0 Å². The molecule has 0 bridgehead atoms. The van der Waals surface area contributed by atoms with Gasteiger partial charge in [-0.05, 0) is 24.7 Å². The van der Waals surface area contributed by atoms with Gasteiger partial charge < -0.3 is 15.0 Å². The molecule has 1 aliphatic heterocycles. The van der Waals surface area contributed by atoms with Crippen LogP contribution in [-0.2, 0) is 0 Å². The topological polar surface area (TPSA) is 74.2 Å². The van der Waals surface area contributed by atoms with E-state index in [1.165, 1.54) is 6.42 Å². The Morgan fingerprint density at radius 2 is 2.35 bits per heavy atom. The van der Waals surface area contributed by atoms with Gasteiger partial charge in [-0.25, -0.2) is 0 Å². The first kappa shape index (κ1) is 13.6. The zero-order valence-corrected chi connectivity index (χ0v) is 12.5. The lowest BCUT2D eigenvalue weighted by Gasteiger charge is -2.07. The van der Waals surface area contributed by atoms with Gasteiger partial charge in [-0.3, -0.25) is 0 Å². The maximum absolute atomic E-state index is 6.05. The summed E-state index contributed by atoms with van der Waals surface area (Å²) < 4.78 is 10.6. The fraction of sp³-hybridized carbons (Fsp3) is 0.385. The molecule has 1 aliphatic rings. The zero-order chi connectivity index (χ0) is 14.1. The number of nitrogen functional groups attached to an aromatic ring is 1. The highest BCUT2D eigenvalue weighted by molar-refractivity contribution is 7.99. The number of halogens is 1. The van der Waals surface area contributed by atoms with Crippen molar-refractivity contribution in [3.05, 3.63) is 23.0 Å². The first-order valence-corrected chi connectivity index (χ1v) is 7.70. The van der Waals surface area contributed by atoms with Gasteiger partial charge in [-0.15, -0.1) is 0 Å². The van der Waals surface area contributed by atoms with Gasteiger partial charge in [0, 0.05) is 6.07 Å². The molecule has 7 heteroatoms. The molecule has 1 aromatic carbocycles. The van der Waals surface area contributed by atoms with E-state index < -0.39 is 0 Å². The van der Waals surface area contributed by atoms with Crippen LogP contribution in [0.15, 0.2) is 16.7 Å². The summed E-state index contributed by atoms with van der Waals surface area (Å²) in [7, 11) is 1.57. The van der Waals surface area contributed by atoms with Crippen LogP contribution in [0.25, 0.3) is 11.5 Å². The number of hydrogen-bond donors (Lipinski definition) is 1. The molecule has 2 aromatic rings. The molecule has 2 heterocycles. The van der Waals surface area contributed by atoms with Gasteiger partial charge in [0.15, 0.2) is 5.82 Å². The van der Waals surface area contributed by atoms with Gasteiger partial charge in [-0.2, -0.15) is 16.7 Å². The number of nitrogens with zero attached hydrogens (tertiary/aromatic N) is 2. The predicted molar refractivity (Wildman–Crippen MR) is 80.1 cm³/mol. The van der Waals surface area contributed by atoms with Crippen molar-refractivity contribution < 1.29 is 9.26 Å². The largest absolute Gasteiger partial charge is 0.496 e. The average molecular weight is 312 g/mol. The third-order valence-electron chi connectivity index (χ3n) is 3.21. The van der Waals surface area contributed by atoms with Crippen molar-refractivity contribution in [2.24, 2.45) is 0 Å². The second-order valence-electron chi connectivity index (χ2n) is 4.53. The fourth-order valence-corrected chi connectivity index (χ4v) is 3.52. The Morgan fingerprint density at radius 1 is 1.50 bits per heavy atom. The molecule has 1 atom stereocenters. The van der Waals surface area contributed by atoms with Crippen LogP contribution in [0.1, 0.15) is 23.9 Å². The molecule has 0 amide bonds. The van der Waals surface area contributed by atoms with E-state index in [1.807, 2.05) is 11.8 Å². The number of rotatable bonds is 3. The SMILES string of the molecule is COc1cc(N)c(Cl)cc1-c1nc(C2CCCS2)no1. The summed E-state index contributed by atoms with van der Waals surface area (Å²) in [6.07, 6.45) is 2.28. The summed E-state index contributed by atoms with van der Waals surface area (Å²) in [4.78, 5) is 4.46. The molecular weight excluding hydrogens is 298 g/mol. The number of anilines is 1. The molecule has 3 rings (SSSR count). The minimum atomic E-state index is 0.322. The standard InChI is InChI=1S/C13H14ClN3O2S/c1-18-10-6-9(15)8(14)5-7(10)13-16-12(17-19-13)11-3-2-4-20-11/h5-6,11H,2-4,15H2,1H3. The van der Waals surface area contributed by atoms with Gasteiger partial charge in [0.25, 0.3) is 5.89 Å². The van der Waals surface area contributed by atoms with Crippen LogP contribution in [0.5, 0.6) is 5.75 Å². The van der Waals surface area contributed by atoms with E-state index in [1.54, 1.807) is 19.2 Å². The van der Waals surface area contributed by atoms with Crippen molar-refractivity contribution in [3.63, 3.8) is 0 Å². The summed E-state index contributed by atoms with van der Waals surface area (Å²) >= 11 is 7.91. The van der Waals surface area contributed by atoms with Gasteiger partial charge >= 0.3 is 0 Å². The molecule has 0 aliphatic carbocycles. The highest BCUT2D eigenvalue weighted by Crippen LogP contribution is 2.40. The maximum Gasteiger partial charge on any atom is 0.261 e. The van der Waals surface area contributed by atoms with Crippen LogP contribution in [-0.4, -0.2) is 23.0 Å². The second kappa shape index (κ2) is 5.54. The van der Waals surface area contributed by atoms with E-state index >= 15 is 0 Å². The third kappa shape index (κ3) is 2.45. The Bertz CT molecular complexity index is 626. The number of methoxy groups -OCH3 is 1. The highest BCUT2D eigenvalue weighted by Gasteiger charge is 2.24. The quantitative estimate of drug-likeness (QED) is 0.874. The number of hydrogen-bond acceptors (Lipinski definition) is 6. The van der Waals surface area contributed by atoms with E-state index in [0.29, 0.717) is 33.2 Å². The molecule has 0 saturated carbocycles. The van der Waals surface area contributed by atoms with Crippen LogP contribution >= 0.6 is 23.4 Å². The number of aromatic nitrogens is 2. The van der Waals surface area contributed by atoms with Crippen molar-refractivity contribution in [3.8, 4) is 17.2 Å². The Balaban J connectivity index is 1.98. The summed E-state index contributed by atoms with van der Waals surface area (Å²) in [6.45, 7) is 0. The molecule has 2 N–H and O–H groups in total. The molecule has 5 nitrogen and oxygen atoms in total. The monoisotopic (exact) mass is 311 g/mol. The highest BCUT2D eigenvalue weighted by atomic mass is 35.5. The lowest BCUT2D eigenvalue weighted by Crippen LogP contribution is -1.94. The van der Waals surface area contributed by atoms with E-state index in [-0.39, 0.29) is 0 Å². The van der Waals surface area contributed by atoms with E-state index in [2.05, 4.69) is 10.1 Å². The lowest BCUT2D eigenvalue weighted by atomic mass is 10.1. The molecule has 1 fully saturated rings. The Labute approximate surface area is 125 Å². The maximum atomic E-state index is 6.05. The Morgan fingerprint density at radius 3 is 3.05 bits per heavy atom. The van der Waals surface area contributed by atoms with E-state index in [4.69, 9.17) is 26.6 Å². The summed E-state index contributed by atoms with van der Waals surface area (Å²) in [5.74, 6) is 2.86. The second-order valence-corrected chi connectivity index (χ2v) is 6.25. The molecule has 1 unspecified atom stereocenters. The van der Waals surface area contributed by atoms with Gasteiger partial charge in [0.2, 0.25) is 0 Å². The van der Waals surface area contributed by atoms with Crippen LogP contribution in [0.4, 0.5) is 5.69 Å². The smallest absolute Gasteiger partial charge is 0.261 e. The zero-order valence-electron chi connectivity index (χ0n) is 10.9. The molecule has 0 radical (unpaired) electrons. The molecule has 20 heavy (non-hydrogen) atoms. The summed E-state index contributed by atoms with van der Waals surface area (Å²) in [6, 6.07) is 3.35. The first-order chi connectivity index (χ1) is 9.69. The van der Waals surface area contributed by atoms with Gasteiger partial charge in [0.05, 0.1) is 28.6 Å². The minimum Gasteiger partial charge on any atom is -0.496 e. The van der Waals surface area contributed by atoms with Crippen LogP contribution in [0, 0.1) is 0 Å². The van der Waals surface area contributed by atoms with E-state index in [9.17, 15) is 0 Å². The number of nitrogens with two attached hydrogens (primary N) is 1. The Hall–Kier alpha value is -1.40. The van der Waals surface area contributed by atoms with Crippen LogP contribution in [0.3, 0.4) is 0 Å². The molecule has 1 saturated heterocycles. The predicted octanol–water partition coefficient (Wildman–Crippen LogP) is 3.55. The summed E-state index contributed by atoms with van der Waals surface area (Å²) in [5.41, 5.74) is 6.88. The number of benzene rings is 1. The lowest BCUT2D eigenvalue weighted by molar-refractivity contribution is 0.402. The van der Waals surface area contributed by atoms with E-state index in [0.717, 1.165) is 18.0 Å². The molecule has 106 valence electrons. The van der Waals surface area contributed by atoms with Crippen molar-refractivity contribution in [2.75, 3.05) is 18.6 Å². The number of ether oxygens (including phenoxy) is 1. The molecular formula is C13H14ClN3O2S. The average Bonchev–Trinajstić information content (AvgIpc) is 3.10. The molecule has 0 spiro atoms. The van der Waals surface area contributed by atoms with Crippen molar-refractivity contribution in [1.82, 2.24) is 10.1 Å². The number of thioether (sulfide) groups is 1. The summed E-state index contributed by atoms with van der Waals surface area (Å²) in [5, 5.41) is 4.83. The van der Waals surface area contributed by atoms with Crippen LogP contribution < -0.4 is 10.5 Å². The van der Waals surface area contributed by atoms with Crippen molar-refractivity contribution >= 4 is 29.1 Å². The van der Waals surface area contributed by atoms with Crippen molar-refractivity contribution in [2.45, 2.75) is 18.1 Å². The van der Waals surface area contributed by atoms with Crippen LogP contribution in [0.2, 0.25) is 5.02 Å². The van der Waals surface area contributed by atoms with Gasteiger partial charge in [-0.1, -0.05) is 16.8 Å². The molecule has 1 aromatic heterocycles. The van der Waals surface area contributed by atoms with Gasteiger partial charge in [0.1, 0.15) is 5.75 Å². The normalized spacial score (nSPS) is 18.4. The fourth-order valence-electron chi connectivity index (χ4n) is 2.16. The first-order valence-electron chi connectivity index (χ1n) is 6.27. The minimum absolute atomic E-state index is 0.322. The Kier molecular flexibility index (Phi) is 3.76.